The second-order valence-corrected chi connectivity index (χ2v) is 10.5. The van der Waals surface area contributed by atoms with Crippen molar-refractivity contribution >= 4 is 23.1 Å². The number of carbonyl (C=O) groups is 2. The summed E-state index contributed by atoms with van der Waals surface area (Å²) in [6.07, 6.45) is 2.22. The van der Waals surface area contributed by atoms with Crippen molar-refractivity contribution in [2.45, 2.75) is 57.0 Å². The fourth-order valence-electron chi connectivity index (χ4n) is 6.35. The van der Waals surface area contributed by atoms with E-state index in [1.54, 1.807) is 12.1 Å². The number of ketones is 1. The SMILES string of the molecule is CN1C(=O)C(C)(C)N2c3c1cccc3[C@@]1(C)CN(CCCC(=O)c3ccc(F)cc3)CC[C@@H]21. The van der Waals surface area contributed by atoms with Crippen LogP contribution in [0.4, 0.5) is 15.8 Å². The summed E-state index contributed by atoms with van der Waals surface area (Å²) < 4.78 is 13.1. The predicted octanol–water partition coefficient (Wildman–Crippen LogP) is 4.40. The van der Waals surface area contributed by atoms with Gasteiger partial charge >= 0.3 is 0 Å². The van der Waals surface area contributed by atoms with Crippen LogP contribution in [-0.2, 0) is 10.2 Å². The molecule has 1 saturated heterocycles. The van der Waals surface area contributed by atoms with Crippen molar-refractivity contribution in [2.24, 2.45) is 0 Å². The summed E-state index contributed by atoms with van der Waals surface area (Å²) in [4.78, 5) is 32.4. The van der Waals surface area contributed by atoms with Gasteiger partial charge in [0, 0.05) is 43.6 Å². The number of benzene rings is 2. The molecule has 2 aromatic rings. The van der Waals surface area contributed by atoms with E-state index >= 15 is 0 Å². The van der Waals surface area contributed by atoms with Crippen LogP contribution in [0.3, 0.4) is 0 Å². The van der Waals surface area contributed by atoms with Crippen molar-refractivity contribution in [3.8, 4) is 0 Å². The molecular weight excluding hydrogens is 417 g/mol. The van der Waals surface area contributed by atoms with E-state index in [9.17, 15) is 14.0 Å². The van der Waals surface area contributed by atoms with Crippen LogP contribution in [0.15, 0.2) is 42.5 Å². The number of halogens is 1. The number of para-hydroxylation sites is 1. The van der Waals surface area contributed by atoms with Crippen molar-refractivity contribution in [2.75, 3.05) is 36.5 Å². The van der Waals surface area contributed by atoms with Gasteiger partial charge in [-0.25, -0.2) is 4.39 Å². The fraction of sp³-hybridized carbons (Fsp3) is 0.481. The van der Waals surface area contributed by atoms with Crippen molar-refractivity contribution in [3.05, 3.63) is 59.4 Å². The lowest BCUT2D eigenvalue weighted by molar-refractivity contribution is -0.123. The third-order valence-electron chi connectivity index (χ3n) is 8.02. The minimum absolute atomic E-state index is 0.0623. The van der Waals surface area contributed by atoms with Crippen molar-refractivity contribution in [1.29, 1.82) is 0 Å². The van der Waals surface area contributed by atoms with E-state index in [4.69, 9.17) is 0 Å². The molecule has 2 aromatic carbocycles. The molecule has 3 aliphatic heterocycles. The molecule has 5 nitrogen and oxygen atoms in total. The number of rotatable bonds is 5. The van der Waals surface area contributed by atoms with Gasteiger partial charge in [0.05, 0.1) is 11.4 Å². The molecule has 3 aliphatic rings. The molecule has 0 aromatic heterocycles. The number of likely N-dealkylation sites (N-methyl/N-ethyl adjacent to an activating group) is 1. The zero-order valence-electron chi connectivity index (χ0n) is 19.9. The molecule has 0 bridgehead atoms. The number of anilines is 2. The molecule has 0 spiro atoms. The van der Waals surface area contributed by atoms with Gasteiger partial charge in [-0.05, 0) is 69.1 Å². The highest BCUT2D eigenvalue weighted by molar-refractivity contribution is 6.09. The standard InChI is InChI=1S/C27H32FN3O2/c1-26(2)25(33)29(4)21-8-5-7-20-24(21)31(26)23-14-16-30(17-27(20,23)3)15-6-9-22(32)18-10-12-19(28)13-11-18/h5,7-8,10-13,23H,6,9,14-17H2,1-4H3/t23-,27-/m1/s1. The first-order valence-electron chi connectivity index (χ1n) is 11.9. The van der Waals surface area contributed by atoms with Crippen molar-refractivity contribution in [1.82, 2.24) is 4.90 Å². The quantitative estimate of drug-likeness (QED) is 0.635. The van der Waals surface area contributed by atoms with Crippen LogP contribution in [0, 0.1) is 5.82 Å². The monoisotopic (exact) mass is 449 g/mol. The number of Topliss-reactive ketones (excluding diaryl/α,β-unsaturated/α-hetero) is 1. The normalized spacial score (nSPS) is 25.7. The molecular formula is C27H32FN3O2. The van der Waals surface area contributed by atoms with E-state index in [2.05, 4.69) is 34.9 Å². The number of fused-ring (bicyclic) bond motifs is 3. The molecule has 1 amide bonds. The fourth-order valence-corrected chi connectivity index (χ4v) is 6.35. The van der Waals surface area contributed by atoms with Crippen LogP contribution < -0.4 is 9.80 Å². The molecule has 0 radical (unpaired) electrons. The second kappa shape index (κ2) is 7.66. The van der Waals surface area contributed by atoms with Crippen molar-refractivity contribution in [3.63, 3.8) is 0 Å². The van der Waals surface area contributed by atoms with Gasteiger partial charge in [0.2, 0.25) is 0 Å². The van der Waals surface area contributed by atoms with E-state index in [1.165, 1.54) is 23.4 Å². The molecule has 3 heterocycles. The lowest BCUT2D eigenvalue weighted by Gasteiger charge is -2.51. The lowest BCUT2D eigenvalue weighted by Crippen LogP contribution is -2.65. The van der Waals surface area contributed by atoms with Crippen LogP contribution in [-0.4, -0.2) is 54.9 Å². The Bertz CT molecular complexity index is 1110. The summed E-state index contributed by atoms with van der Waals surface area (Å²) in [6, 6.07) is 12.4. The second-order valence-electron chi connectivity index (χ2n) is 10.5. The highest BCUT2D eigenvalue weighted by atomic mass is 19.1. The number of hydrogen-bond donors (Lipinski definition) is 0. The summed E-state index contributed by atoms with van der Waals surface area (Å²) >= 11 is 0. The van der Waals surface area contributed by atoms with E-state index < -0.39 is 5.54 Å². The Labute approximate surface area is 195 Å². The van der Waals surface area contributed by atoms with Gasteiger partial charge in [0.15, 0.2) is 5.78 Å². The van der Waals surface area contributed by atoms with Gasteiger partial charge in [-0.3, -0.25) is 9.59 Å². The summed E-state index contributed by atoms with van der Waals surface area (Å²) in [6.45, 7) is 9.14. The van der Waals surface area contributed by atoms with Crippen LogP contribution in [0.25, 0.3) is 0 Å². The molecule has 0 saturated carbocycles. The molecule has 6 heteroatoms. The van der Waals surface area contributed by atoms with Crippen LogP contribution in [0.5, 0.6) is 0 Å². The number of amides is 1. The first-order valence-corrected chi connectivity index (χ1v) is 11.9. The maximum atomic E-state index is 13.2. The van der Waals surface area contributed by atoms with Crippen LogP contribution in [0.2, 0.25) is 0 Å². The molecule has 0 N–H and O–H groups in total. The Kier molecular flexibility index (Phi) is 5.12. The Hall–Kier alpha value is -2.73. The molecule has 0 unspecified atom stereocenters. The Morgan fingerprint density at radius 1 is 1.12 bits per heavy atom. The van der Waals surface area contributed by atoms with E-state index in [1.807, 2.05) is 25.8 Å². The van der Waals surface area contributed by atoms with Crippen molar-refractivity contribution < 1.29 is 14.0 Å². The Morgan fingerprint density at radius 3 is 2.58 bits per heavy atom. The third kappa shape index (κ3) is 3.30. The topological polar surface area (TPSA) is 43.9 Å². The zero-order valence-corrected chi connectivity index (χ0v) is 19.9. The maximum Gasteiger partial charge on any atom is 0.252 e. The highest BCUT2D eigenvalue weighted by Gasteiger charge is 2.59. The third-order valence-corrected chi connectivity index (χ3v) is 8.02. The van der Waals surface area contributed by atoms with Gasteiger partial charge in [-0.15, -0.1) is 0 Å². The number of carbonyl (C=O) groups excluding carboxylic acids is 2. The number of piperidine rings is 1. The number of nitrogens with zero attached hydrogens (tertiary/aromatic N) is 3. The molecule has 1 fully saturated rings. The molecule has 33 heavy (non-hydrogen) atoms. The van der Waals surface area contributed by atoms with Gasteiger partial charge in [0.1, 0.15) is 11.4 Å². The van der Waals surface area contributed by atoms with E-state index in [0.29, 0.717) is 12.0 Å². The zero-order chi connectivity index (χ0) is 23.5. The largest absolute Gasteiger partial charge is 0.352 e. The highest BCUT2D eigenvalue weighted by Crippen LogP contribution is 2.57. The minimum atomic E-state index is -0.579. The van der Waals surface area contributed by atoms with E-state index in [-0.39, 0.29) is 29.0 Å². The Balaban J connectivity index is 1.33. The summed E-state index contributed by atoms with van der Waals surface area (Å²) in [5.41, 5.74) is 3.46. The summed E-state index contributed by atoms with van der Waals surface area (Å²) in [5.74, 6) is -0.123. The maximum absolute atomic E-state index is 13.2. The molecule has 5 rings (SSSR count). The molecule has 2 atom stereocenters. The first-order chi connectivity index (χ1) is 15.6. The molecule has 174 valence electrons. The van der Waals surface area contributed by atoms with Crippen LogP contribution in [0.1, 0.15) is 56.0 Å². The number of likely N-dealkylation sites (tertiary alicyclic amines) is 1. The smallest absolute Gasteiger partial charge is 0.252 e. The van der Waals surface area contributed by atoms with Gasteiger partial charge in [-0.2, -0.15) is 0 Å². The minimum Gasteiger partial charge on any atom is -0.352 e. The van der Waals surface area contributed by atoms with Gasteiger partial charge in [0.25, 0.3) is 5.91 Å². The Morgan fingerprint density at radius 2 is 1.85 bits per heavy atom. The predicted molar refractivity (Wildman–Crippen MR) is 129 cm³/mol. The van der Waals surface area contributed by atoms with Gasteiger partial charge < -0.3 is 14.7 Å². The first kappa shape index (κ1) is 22.1. The number of hydrogen-bond acceptors (Lipinski definition) is 4. The van der Waals surface area contributed by atoms with E-state index in [0.717, 1.165) is 38.2 Å². The summed E-state index contributed by atoms with van der Waals surface area (Å²) in [5, 5.41) is 0. The van der Waals surface area contributed by atoms with Crippen LogP contribution >= 0.6 is 0 Å². The molecule has 0 aliphatic carbocycles. The average Bonchev–Trinajstić information content (AvgIpc) is 3.06. The average molecular weight is 450 g/mol. The van der Waals surface area contributed by atoms with Gasteiger partial charge in [-0.1, -0.05) is 19.1 Å². The summed E-state index contributed by atoms with van der Waals surface area (Å²) in [7, 11) is 1.88. The lowest BCUT2D eigenvalue weighted by atomic mass is 9.74.